The SMILES string of the molecule is CNc1cc(Nc2cccn(-c3ncco3)c2=O)nc2c(CNC3CC[C@@H](OC)C3)cnn12. The molecule has 0 aliphatic heterocycles. The fourth-order valence-electron chi connectivity index (χ4n) is 4.18. The number of hydrogen-bond donors (Lipinski definition) is 3. The molecule has 2 atom stereocenters. The van der Waals surface area contributed by atoms with E-state index in [9.17, 15) is 4.79 Å². The molecular formula is C22H26N8O3. The minimum absolute atomic E-state index is 0.203. The lowest BCUT2D eigenvalue weighted by molar-refractivity contribution is 0.107. The second-order valence-corrected chi connectivity index (χ2v) is 7.97. The van der Waals surface area contributed by atoms with Gasteiger partial charge in [0.15, 0.2) is 5.65 Å². The molecule has 0 aromatic carbocycles. The molecule has 1 aliphatic carbocycles. The molecular weight excluding hydrogens is 424 g/mol. The summed E-state index contributed by atoms with van der Waals surface area (Å²) < 4.78 is 13.8. The molecule has 0 amide bonds. The lowest BCUT2D eigenvalue weighted by Crippen LogP contribution is -2.26. The summed E-state index contributed by atoms with van der Waals surface area (Å²) in [5.74, 6) is 1.27. The van der Waals surface area contributed by atoms with Crippen molar-refractivity contribution >= 4 is 23.0 Å². The Kier molecular flexibility index (Phi) is 5.80. The summed E-state index contributed by atoms with van der Waals surface area (Å²) in [5, 5.41) is 14.4. The van der Waals surface area contributed by atoms with E-state index >= 15 is 0 Å². The maximum atomic E-state index is 12.9. The predicted octanol–water partition coefficient (Wildman–Crippen LogP) is 2.31. The molecule has 1 aliphatic rings. The first-order valence-electron chi connectivity index (χ1n) is 10.9. The Morgan fingerprint density at radius 1 is 1.33 bits per heavy atom. The van der Waals surface area contributed by atoms with Crippen molar-refractivity contribution in [3.8, 4) is 6.01 Å². The van der Waals surface area contributed by atoms with Crippen molar-refractivity contribution in [1.82, 2.24) is 29.5 Å². The number of oxazole rings is 1. The second kappa shape index (κ2) is 9.04. The third-order valence-electron chi connectivity index (χ3n) is 5.94. The first kappa shape index (κ1) is 21.2. The number of methoxy groups -OCH3 is 1. The first-order valence-corrected chi connectivity index (χ1v) is 10.9. The highest BCUT2D eigenvalue weighted by Gasteiger charge is 2.24. The van der Waals surface area contributed by atoms with Crippen LogP contribution in [0.25, 0.3) is 11.7 Å². The van der Waals surface area contributed by atoms with Crippen molar-refractivity contribution < 1.29 is 9.15 Å². The number of fused-ring (bicyclic) bond motifs is 1. The number of nitrogens with one attached hydrogen (secondary N) is 3. The van der Waals surface area contributed by atoms with Gasteiger partial charge in [-0.25, -0.2) is 14.5 Å². The maximum absolute atomic E-state index is 12.9. The van der Waals surface area contributed by atoms with Crippen LogP contribution in [0.3, 0.4) is 0 Å². The highest BCUT2D eigenvalue weighted by atomic mass is 16.5. The number of anilines is 3. The topological polar surface area (TPSA) is 124 Å². The molecule has 11 nitrogen and oxygen atoms in total. The third kappa shape index (κ3) is 4.20. The molecule has 5 rings (SSSR count). The van der Waals surface area contributed by atoms with E-state index in [1.165, 1.54) is 17.0 Å². The molecule has 0 bridgehead atoms. The zero-order valence-corrected chi connectivity index (χ0v) is 18.5. The third-order valence-corrected chi connectivity index (χ3v) is 5.94. The molecule has 172 valence electrons. The van der Waals surface area contributed by atoms with Crippen molar-refractivity contribution in [3.63, 3.8) is 0 Å². The fraction of sp³-hybridized carbons (Fsp3) is 0.364. The van der Waals surface area contributed by atoms with Crippen LogP contribution in [0.4, 0.5) is 17.3 Å². The summed E-state index contributed by atoms with van der Waals surface area (Å²) in [5.41, 5.74) is 1.74. The van der Waals surface area contributed by atoms with E-state index in [1.54, 1.807) is 36.0 Å². The van der Waals surface area contributed by atoms with Gasteiger partial charge in [0.05, 0.1) is 18.5 Å². The minimum atomic E-state index is -0.294. The predicted molar refractivity (Wildman–Crippen MR) is 123 cm³/mol. The van der Waals surface area contributed by atoms with Gasteiger partial charge in [-0.3, -0.25) is 4.79 Å². The van der Waals surface area contributed by atoms with Crippen LogP contribution in [0, 0.1) is 0 Å². The van der Waals surface area contributed by atoms with Crippen molar-refractivity contribution in [2.45, 2.75) is 38.0 Å². The molecule has 0 spiro atoms. The molecule has 3 N–H and O–H groups in total. The van der Waals surface area contributed by atoms with Crippen LogP contribution >= 0.6 is 0 Å². The molecule has 1 unspecified atom stereocenters. The quantitative estimate of drug-likeness (QED) is 0.371. The summed E-state index contributed by atoms with van der Waals surface area (Å²) in [6, 6.07) is 5.86. The summed E-state index contributed by atoms with van der Waals surface area (Å²) in [4.78, 5) is 21.7. The molecule has 1 saturated carbocycles. The van der Waals surface area contributed by atoms with Gasteiger partial charge in [0.1, 0.15) is 23.6 Å². The second-order valence-electron chi connectivity index (χ2n) is 7.97. The number of aromatic nitrogens is 5. The Balaban J connectivity index is 1.42. The number of rotatable bonds is 8. The monoisotopic (exact) mass is 450 g/mol. The smallest absolute Gasteiger partial charge is 0.308 e. The maximum Gasteiger partial charge on any atom is 0.308 e. The molecule has 0 saturated heterocycles. The lowest BCUT2D eigenvalue weighted by Gasteiger charge is -2.13. The van der Waals surface area contributed by atoms with E-state index in [0.717, 1.165) is 30.6 Å². The average molecular weight is 451 g/mol. The van der Waals surface area contributed by atoms with E-state index in [4.69, 9.17) is 14.1 Å². The largest absolute Gasteiger partial charge is 0.432 e. The summed E-state index contributed by atoms with van der Waals surface area (Å²) >= 11 is 0. The van der Waals surface area contributed by atoms with Crippen LogP contribution in [-0.2, 0) is 11.3 Å². The van der Waals surface area contributed by atoms with Crippen LogP contribution in [-0.4, -0.2) is 50.5 Å². The lowest BCUT2D eigenvalue weighted by atomic mass is 10.2. The van der Waals surface area contributed by atoms with Crippen molar-refractivity contribution in [2.75, 3.05) is 24.8 Å². The van der Waals surface area contributed by atoms with Crippen LogP contribution < -0.4 is 21.5 Å². The zero-order valence-electron chi connectivity index (χ0n) is 18.5. The Labute approximate surface area is 189 Å². The van der Waals surface area contributed by atoms with Gasteiger partial charge >= 0.3 is 6.01 Å². The van der Waals surface area contributed by atoms with Crippen LogP contribution in [0.2, 0.25) is 0 Å². The van der Waals surface area contributed by atoms with Crippen LogP contribution in [0.5, 0.6) is 0 Å². The van der Waals surface area contributed by atoms with E-state index in [-0.39, 0.29) is 11.6 Å². The van der Waals surface area contributed by atoms with Gasteiger partial charge in [0, 0.05) is 44.6 Å². The Hall–Kier alpha value is -3.70. The zero-order chi connectivity index (χ0) is 22.8. The van der Waals surface area contributed by atoms with Crippen LogP contribution in [0.1, 0.15) is 24.8 Å². The number of pyridine rings is 1. The number of ether oxygens (including phenoxy) is 1. The van der Waals surface area contributed by atoms with Gasteiger partial charge in [-0.1, -0.05) is 0 Å². The number of nitrogens with zero attached hydrogens (tertiary/aromatic N) is 5. The van der Waals surface area contributed by atoms with Gasteiger partial charge < -0.3 is 25.1 Å². The fourth-order valence-corrected chi connectivity index (χ4v) is 4.18. The highest BCUT2D eigenvalue weighted by molar-refractivity contribution is 5.64. The number of hydrogen-bond acceptors (Lipinski definition) is 9. The molecule has 11 heteroatoms. The normalized spacial score (nSPS) is 18.1. The standard InChI is InChI=1S/C22H26N8O3/c1-23-19-11-18(27-17-4-3-8-29(21(17)31)22-24-7-9-33-22)28-20-14(13-26-30(19)20)12-25-15-5-6-16(10-15)32-2/h3-4,7-9,11,13,15-16,23,25H,5-6,10,12H2,1-2H3,(H,27,28)/t15?,16-/m1/s1. The summed E-state index contributed by atoms with van der Waals surface area (Å²) in [6.45, 7) is 0.645. The molecule has 4 aromatic heterocycles. The molecule has 4 heterocycles. The van der Waals surface area contributed by atoms with Gasteiger partial charge in [-0.15, -0.1) is 0 Å². The molecule has 33 heavy (non-hydrogen) atoms. The average Bonchev–Trinajstić information content (AvgIpc) is 3.59. The summed E-state index contributed by atoms with van der Waals surface area (Å²) in [6.07, 6.45) is 9.82. The Morgan fingerprint density at radius 2 is 2.24 bits per heavy atom. The minimum Gasteiger partial charge on any atom is -0.432 e. The summed E-state index contributed by atoms with van der Waals surface area (Å²) in [7, 11) is 3.59. The van der Waals surface area contributed by atoms with Crippen molar-refractivity contribution in [3.05, 3.63) is 59.0 Å². The van der Waals surface area contributed by atoms with Crippen LogP contribution in [0.15, 0.2) is 52.3 Å². The molecule has 4 aromatic rings. The Morgan fingerprint density at radius 3 is 3.00 bits per heavy atom. The van der Waals surface area contributed by atoms with Gasteiger partial charge in [-0.05, 0) is 31.4 Å². The van der Waals surface area contributed by atoms with Gasteiger partial charge in [0.2, 0.25) is 0 Å². The molecule has 0 radical (unpaired) electrons. The van der Waals surface area contributed by atoms with E-state index in [1.807, 2.05) is 13.2 Å². The van der Waals surface area contributed by atoms with Crippen molar-refractivity contribution in [2.24, 2.45) is 0 Å². The van der Waals surface area contributed by atoms with E-state index in [2.05, 4.69) is 26.0 Å². The van der Waals surface area contributed by atoms with Crippen molar-refractivity contribution in [1.29, 1.82) is 0 Å². The molecule has 1 fully saturated rings. The highest BCUT2D eigenvalue weighted by Crippen LogP contribution is 2.24. The van der Waals surface area contributed by atoms with E-state index in [0.29, 0.717) is 35.8 Å². The Bertz CT molecular complexity index is 1300. The van der Waals surface area contributed by atoms with E-state index < -0.39 is 0 Å². The van der Waals surface area contributed by atoms with Gasteiger partial charge in [-0.2, -0.15) is 9.61 Å². The first-order chi connectivity index (χ1) is 16.2. The van der Waals surface area contributed by atoms with Gasteiger partial charge in [0.25, 0.3) is 5.56 Å².